The Hall–Kier alpha value is -1.39. The molecule has 2 N–H and O–H groups in total. The molecular weight excluding hydrogens is 252 g/mol. The van der Waals surface area contributed by atoms with Crippen molar-refractivity contribution in [2.24, 2.45) is 5.73 Å². The van der Waals surface area contributed by atoms with E-state index < -0.39 is 0 Å². The summed E-state index contributed by atoms with van der Waals surface area (Å²) in [5, 5.41) is -0.155. The lowest BCUT2D eigenvalue weighted by Gasteiger charge is -2.15. The molecule has 2 rings (SSSR count). The lowest BCUT2D eigenvalue weighted by molar-refractivity contribution is 0.601. The van der Waals surface area contributed by atoms with Crippen molar-refractivity contribution < 1.29 is 8.78 Å². The fourth-order valence-corrected chi connectivity index (χ4v) is 2.68. The zero-order chi connectivity index (χ0) is 13.0. The summed E-state index contributed by atoms with van der Waals surface area (Å²) >= 11 is 1.31. The third kappa shape index (κ3) is 3.09. The molecule has 2 aromatic rings. The highest BCUT2D eigenvalue weighted by atomic mass is 32.2. The van der Waals surface area contributed by atoms with Crippen LogP contribution in [0.1, 0.15) is 10.8 Å². The number of hydrogen-bond acceptors (Lipinski definition) is 2. The predicted molar refractivity (Wildman–Crippen MR) is 70.5 cm³/mol. The summed E-state index contributed by atoms with van der Waals surface area (Å²) in [5.41, 5.74) is 6.46. The van der Waals surface area contributed by atoms with E-state index in [1.165, 1.54) is 30.0 Å². The van der Waals surface area contributed by atoms with E-state index in [-0.39, 0.29) is 16.9 Å². The molecule has 94 valence electrons. The number of nitrogens with two attached hydrogens (primary N) is 1. The maximum atomic E-state index is 13.5. The second-order valence-corrected chi connectivity index (χ2v) is 5.07. The molecule has 1 atom stereocenters. The van der Waals surface area contributed by atoms with Gasteiger partial charge in [-0.25, -0.2) is 8.78 Å². The van der Waals surface area contributed by atoms with E-state index in [9.17, 15) is 8.78 Å². The maximum absolute atomic E-state index is 13.5. The van der Waals surface area contributed by atoms with Crippen LogP contribution in [0.5, 0.6) is 0 Å². The van der Waals surface area contributed by atoms with Gasteiger partial charge >= 0.3 is 0 Å². The van der Waals surface area contributed by atoms with Crippen LogP contribution in [0.15, 0.2) is 53.4 Å². The third-order valence-corrected chi connectivity index (χ3v) is 3.87. The molecule has 4 heteroatoms. The van der Waals surface area contributed by atoms with Gasteiger partial charge in [-0.15, -0.1) is 11.8 Å². The van der Waals surface area contributed by atoms with E-state index in [1.807, 2.05) is 0 Å². The second-order valence-electron chi connectivity index (χ2n) is 3.83. The van der Waals surface area contributed by atoms with Crippen molar-refractivity contribution in [2.75, 3.05) is 6.54 Å². The first-order valence-corrected chi connectivity index (χ1v) is 6.45. The number of thioether (sulfide) groups is 1. The van der Waals surface area contributed by atoms with E-state index in [4.69, 9.17) is 5.73 Å². The van der Waals surface area contributed by atoms with E-state index in [0.29, 0.717) is 11.4 Å². The van der Waals surface area contributed by atoms with Crippen LogP contribution in [-0.2, 0) is 0 Å². The molecule has 0 amide bonds. The maximum Gasteiger partial charge on any atom is 0.136 e. The predicted octanol–water partition coefficient (Wildman–Crippen LogP) is 3.76. The molecule has 1 unspecified atom stereocenters. The zero-order valence-corrected chi connectivity index (χ0v) is 10.5. The molecule has 0 aliphatic heterocycles. The Balaban J connectivity index is 2.23. The van der Waals surface area contributed by atoms with Crippen LogP contribution in [0.2, 0.25) is 0 Å². The lowest BCUT2D eigenvalue weighted by atomic mass is 10.1. The van der Waals surface area contributed by atoms with Gasteiger partial charge in [-0.05, 0) is 29.8 Å². The Bertz CT molecular complexity index is 531. The van der Waals surface area contributed by atoms with Gasteiger partial charge in [0.05, 0.1) is 0 Å². The van der Waals surface area contributed by atoms with Crippen molar-refractivity contribution in [1.82, 2.24) is 0 Å². The zero-order valence-electron chi connectivity index (χ0n) is 9.64. The van der Waals surface area contributed by atoms with Crippen molar-refractivity contribution in [1.29, 1.82) is 0 Å². The highest BCUT2D eigenvalue weighted by Crippen LogP contribution is 2.35. The molecule has 0 radical (unpaired) electrons. The summed E-state index contributed by atoms with van der Waals surface area (Å²) in [6.07, 6.45) is 0. The number of rotatable bonds is 4. The van der Waals surface area contributed by atoms with Crippen LogP contribution in [-0.4, -0.2) is 6.54 Å². The summed E-state index contributed by atoms with van der Waals surface area (Å²) < 4.78 is 26.7. The average molecular weight is 265 g/mol. The summed E-state index contributed by atoms with van der Waals surface area (Å²) in [5.74, 6) is -0.586. The Kier molecular flexibility index (Phi) is 4.33. The van der Waals surface area contributed by atoms with E-state index in [0.717, 1.165) is 5.56 Å². The Morgan fingerprint density at radius 3 is 2.50 bits per heavy atom. The molecule has 0 aliphatic carbocycles. The molecule has 0 spiro atoms. The van der Waals surface area contributed by atoms with Crippen LogP contribution in [0.3, 0.4) is 0 Å². The van der Waals surface area contributed by atoms with Gasteiger partial charge in [-0.2, -0.15) is 0 Å². The Morgan fingerprint density at radius 2 is 1.83 bits per heavy atom. The normalized spacial score (nSPS) is 12.4. The topological polar surface area (TPSA) is 26.0 Å². The quantitative estimate of drug-likeness (QED) is 0.852. The van der Waals surface area contributed by atoms with Crippen LogP contribution in [0, 0.1) is 11.6 Å². The molecular formula is C14H13F2NS. The minimum atomic E-state index is -0.305. The standard InChI is InChI=1S/C14H13F2NS/c15-11-5-3-4-10(8-11)14(9-17)18-13-7-2-1-6-12(13)16/h1-8,14H,9,17H2. The van der Waals surface area contributed by atoms with Crippen LogP contribution in [0.25, 0.3) is 0 Å². The molecule has 0 fully saturated rings. The van der Waals surface area contributed by atoms with Crippen LogP contribution in [0.4, 0.5) is 8.78 Å². The smallest absolute Gasteiger partial charge is 0.136 e. The van der Waals surface area contributed by atoms with Crippen LogP contribution >= 0.6 is 11.8 Å². The lowest BCUT2D eigenvalue weighted by Crippen LogP contribution is -2.09. The highest BCUT2D eigenvalue weighted by Gasteiger charge is 2.14. The first-order chi connectivity index (χ1) is 8.70. The van der Waals surface area contributed by atoms with Gasteiger partial charge in [-0.3, -0.25) is 0 Å². The molecule has 0 saturated carbocycles. The first-order valence-electron chi connectivity index (χ1n) is 5.57. The molecule has 0 heterocycles. The van der Waals surface area contributed by atoms with Crippen molar-refractivity contribution in [2.45, 2.75) is 10.1 Å². The van der Waals surface area contributed by atoms with Crippen molar-refractivity contribution in [3.63, 3.8) is 0 Å². The number of hydrogen-bond donors (Lipinski definition) is 1. The third-order valence-electron chi connectivity index (χ3n) is 2.54. The molecule has 0 bridgehead atoms. The summed E-state index contributed by atoms with van der Waals surface area (Å²) in [6.45, 7) is 0.322. The number of benzene rings is 2. The molecule has 2 aromatic carbocycles. The van der Waals surface area contributed by atoms with E-state index in [2.05, 4.69) is 0 Å². The van der Waals surface area contributed by atoms with Gasteiger partial charge in [-0.1, -0.05) is 24.3 Å². The van der Waals surface area contributed by atoms with Crippen molar-refractivity contribution in [3.05, 3.63) is 65.7 Å². The molecule has 0 saturated heterocycles. The van der Waals surface area contributed by atoms with Crippen molar-refractivity contribution in [3.8, 4) is 0 Å². The van der Waals surface area contributed by atoms with Gasteiger partial charge < -0.3 is 5.73 Å². The second kappa shape index (κ2) is 5.98. The van der Waals surface area contributed by atoms with Gasteiger partial charge in [0.1, 0.15) is 11.6 Å². The molecule has 1 nitrogen and oxygen atoms in total. The van der Waals surface area contributed by atoms with Gasteiger partial charge in [0.2, 0.25) is 0 Å². The Morgan fingerprint density at radius 1 is 1.06 bits per heavy atom. The minimum absolute atomic E-state index is 0.155. The highest BCUT2D eigenvalue weighted by molar-refractivity contribution is 7.99. The summed E-state index contributed by atoms with van der Waals surface area (Å²) in [7, 11) is 0. The van der Waals surface area contributed by atoms with Crippen molar-refractivity contribution >= 4 is 11.8 Å². The van der Waals surface area contributed by atoms with Gasteiger partial charge in [0, 0.05) is 16.7 Å². The van der Waals surface area contributed by atoms with Gasteiger partial charge in [0.15, 0.2) is 0 Å². The first kappa shape index (κ1) is 13.1. The average Bonchev–Trinajstić information content (AvgIpc) is 2.38. The fourth-order valence-electron chi connectivity index (χ4n) is 1.65. The van der Waals surface area contributed by atoms with Gasteiger partial charge in [0.25, 0.3) is 0 Å². The summed E-state index contributed by atoms with van der Waals surface area (Å²) in [4.78, 5) is 0.525. The monoisotopic (exact) mass is 265 g/mol. The Labute approximate surface area is 109 Å². The van der Waals surface area contributed by atoms with Crippen LogP contribution < -0.4 is 5.73 Å². The SMILES string of the molecule is NCC(Sc1ccccc1F)c1cccc(F)c1. The fraction of sp³-hybridized carbons (Fsp3) is 0.143. The summed E-state index contributed by atoms with van der Waals surface area (Å²) in [6, 6.07) is 12.8. The minimum Gasteiger partial charge on any atom is -0.329 e. The molecule has 0 aliphatic rings. The molecule has 0 aromatic heterocycles. The molecule has 18 heavy (non-hydrogen) atoms. The van der Waals surface area contributed by atoms with E-state index >= 15 is 0 Å². The van der Waals surface area contributed by atoms with E-state index in [1.54, 1.807) is 30.3 Å². The number of halogens is 2. The largest absolute Gasteiger partial charge is 0.329 e.